The van der Waals surface area contributed by atoms with E-state index < -0.39 is 17.9 Å². The fourth-order valence-corrected chi connectivity index (χ4v) is 1.98. The number of nitrogens with one attached hydrogen (secondary N) is 1. The van der Waals surface area contributed by atoms with Crippen LogP contribution in [0.2, 0.25) is 0 Å². The van der Waals surface area contributed by atoms with Crippen LogP contribution in [0.4, 0.5) is 0 Å². The molecule has 0 aliphatic rings. The Bertz CT molecular complexity index is 672. The molecule has 0 unspecified atom stereocenters. The van der Waals surface area contributed by atoms with Crippen LogP contribution in [0.25, 0.3) is 0 Å². The summed E-state index contributed by atoms with van der Waals surface area (Å²) in [6.07, 6.45) is 0. The minimum absolute atomic E-state index is 0.288. The largest absolute Gasteiger partial charge is 0.497 e. The van der Waals surface area contributed by atoms with Gasteiger partial charge in [0.2, 0.25) is 0 Å². The number of carboxylic acids is 1. The number of carboxylic acid groups (broad SMARTS) is 1. The van der Waals surface area contributed by atoms with E-state index in [1.165, 1.54) is 7.11 Å². The molecule has 0 aliphatic heterocycles. The number of benzene rings is 2. The fraction of sp³-hybridized carbons (Fsp3) is 0.176. The van der Waals surface area contributed by atoms with Gasteiger partial charge in [-0.2, -0.15) is 0 Å². The average molecular weight is 315 g/mol. The summed E-state index contributed by atoms with van der Waals surface area (Å²) >= 11 is 0. The Labute approximate surface area is 133 Å². The minimum Gasteiger partial charge on any atom is -0.497 e. The van der Waals surface area contributed by atoms with Gasteiger partial charge in [-0.3, -0.25) is 4.79 Å². The van der Waals surface area contributed by atoms with E-state index in [2.05, 4.69) is 5.32 Å². The number of carbonyl (C=O) groups excluding carboxylic acids is 1. The highest BCUT2D eigenvalue weighted by Crippen LogP contribution is 2.19. The molecule has 2 aromatic rings. The second-order valence-electron chi connectivity index (χ2n) is 4.72. The normalized spacial score (nSPS) is 11.3. The molecular formula is C17H17NO5. The summed E-state index contributed by atoms with van der Waals surface area (Å²) in [5, 5.41) is 11.7. The zero-order valence-corrected chi connectivity index (χ0v) is 12.6. The van der Waals surface area contributed by atoms with Gasteiger partial charge in [-0.1, -0.05) is 36.4 Å². The maximum Gasteiger partial charge on any atom is 0.330 e. The molecule has 120 valence electrons. The van der Waals surface area contributed by atoms with E-state index in [1.807, 2.05) is 0 Å². The van der Waals surface area contributed by atoms with Crippen molar-refractivity contribution in [2.24, 2.45) is 0 Å². The minimum atomic E-state index is -1.13. The summed E-state index contributed by atoms with van der Waals surface area (Å²) in [4.78, 5) is 23.2. The Morgan fingerprint density at radius 3 is 2.43 bits per heavy atom. The van der Waals surface area contributed by atoms with Gasteiger partial charge in [0.1, 0.15) is 11.5 Å². The molecule has 2 rings (SSSR count). The quantitative estimate of drug-likeness (QED) is 0.816. The fourth-order valence-electron chi connectivity index (χ4n) is 1.98. The van der Waals surface area contributed by atoms with Gasteiger partial charge in [0.05, 0.1) is 7.11 Å². The van der Waals surface area contributed by atoms with Gasteiger partial charge in [-0.25, -0.2) is 4.79 Å². The molecule has 0 fully saturated rings. The van der Waals surface area contributed by atoms with E-state index in [4.69, 9.17) is 9.47 Å². The lowest BCUT2D eigenvalue weighted by atomic mass is 10.1. The molecule has 0 radical (unpaired) electrons. The molecule has 0 spiro atoms. The Morgan fingerprint density at radius 2 is 1.78 bits per heavy atom. The number of rotatable bonds is 7. The highest BCUT2D eigenvalue weighted by atomic mass is 16.5. The smallest absolute Gasteiger partial charge is 0.330 e. The Morgan fingerprint density at radius 1 is 1.09 bits per heavy atom. The van der Waals surface area contributed by atoms with Gasteiger partial charge in [0.25, 0.3) is 5.91 Å². The predicted octanol–water partition coefficient (Wildman–Crippen LogP) is 2.02. The van der Waals surface area contributed by atoms with Gasteiger partial charge in [-0.15, -0.1) is 0 Å². The number of hydrogen-bond donors (Lipinski definition) is 2. The second kappa shape index (κ2) is 7.84. The van der Waals surface area contributed by atoms with Crippen LogP contribution in [0.15, 0.2) is 54.6 Å². The molecule has 23 heavy (non-hydrogen) atoms. The number of aliphatic carboxylic acids is 1. The highest BCUT2D eigenvalue weighted by Gasteiger charge is 2.21. The van der Waals surface area contributed by atoms with E-state index in [0.29, 0.717) is 17.1 Å². The first kappa shape index (κ1) is 16.4. The van der Waals surface area contributed by atoms with Crippen LogP contribution in [0, 0.1) is 0 Å². The van der Waals surface area contributed by atoms with Crippen LogP contribution in [0.3, 0.4) is 0 Å². The molecule has 0 saturated carbocycles. The van der Waals surface area contributed by atoms with Crippen molar-refractivity contribution in [3.05, 3.63) is 60.2 Å². The SMILES string of the molecule is COc1cccc(OCC(=O)N[C@@H](C(=O)O)c2ccccc2)c1. The zero-order chi connectivity index (χ0) is 16.7. The van der Waals surface area contributed by atoms with Crippen molar-refractivity contribution in [3.63, 3.8) is 0 Å². The van der Waals surface area contributed by atoms with E-state index in [0.717, 1.165) is 0 Å². The molecule has 1 amide bonds. The van der Waals surface area contributed by atoms with Crippen LogP contribution in [0.5, 0.6) is 11.5 Å². The predicted molar refractivity (Wildman–Crippen MR) is 83.5 cm³/mol. The van der Waals surface area contributed by atoms with E-state index in [9.17, 15) is 14.7 Å². The van der Waals surface area contributed by atoms with Gasteiger partial charge in [0.15, 0.2) is 12.6 Å². The summed E-state index contributed by atoms with van der Waals surface area (Å²) in [7, 11) is 1.53. The van der Waals surface area contributed by atoms with Crippen molar-refractivity contribution in [3.8, 4) is 11.5 Å². The van der Waals surface area contributed by atoms with Crippen molar-refractivity contribution < 1.29 is 24.2 Å². The summed E-state index contributed by atoms with van der Waals surface area (Å²) in [5.74, 6) is -0.586. The molecule has 1 atom stereocenters. The Balaban J connectivity index is 1.96. The Hall–Kier alpha value is -3.02. The van der Waals surface area contributed by atoms with Crippen LogP contribution in [-0.2, 0) is 9.59 Å². The number of amides is 1. The standard InChI is InChI=1S/C17H17NO5/c1-22-13-8-5-9-14(10-13)23-11-15(19)18-16(17(20)21)12-6-3-2-4-7-12/h2-10,16H,11H2,1H3,(H,18,19)(H,20,21)/t16-/m1/s1. The first-order valence-electron chi connectivity index (χ1n) is 6.94. The summed E-state index contributed by atoms with van der Waals surface area (Å²) in [5.41, 5.74) is 0.495. The van der Waals surface area contributed by atoms with Gasteiger partial charge in [-0.05, 0) is 17.7 Å². The summed E-state index contributed by atoms with van der Waals surface area (Å²) in [6.45, 7) is -0.288. The topological polar surface area (TPSA) is 84.9 Å². The zero-order valence-electron chi connectivity index (χ0n) is 12.6. The van der Waals surface area contributed by atoms with Crippen LogP contribution in [0.1, 0.15) is 11.6 Å². The molecule has 0 bridgehead atoms. The molecule has 0 aromatic heterocycles. The lowest BCUT2D eigenvalue weighted by Gasteiger charge is -2.15. The lowest BCUT2D eigenvalue weighted by molar-refractivity contribution is -0.142. The average Bonchev–Trinajstić information content (AvgIpc) is 2.58. The third-order valence-electron chi connectivity index (χ3n) is 3.10. The number of hydrogen-bond acceptors (Lipinski definition) is 4. The number of methoxy groups -OCH3 is 1. The molecule has 6 nitrogen and oxygen atoms in total. The molecule has 0 heterocycles. The van der Waals surface area contributed by atoms with Gasteiger partial charge >= 0.3 is 5.97 Å². The van der Waals surface area contributed by atoms with Crippen molar-refractivity contribution in [1.29, 1.82) is 0 Å². The second-order valence-corrected chi connectivity index (χ2v) is 4.72. The van der Waals surface area contributed by atoms with E-state index in [-0.39, 0.29) is 6.61 Å². The van der Waals surface area contributed by atoms with Crippen LogP contribution >= 0.6 is 0 Å². The van der Waals surface area contributed by atoms with Crippen molar-refractivity contribution in [2.45, 2.75) is 6.04 Å². The third-order valence-corrected chi connectivity index (χ3v) is 3.10. The molecule has 0 aliphatic carbocycles. The van der Waals surface area contributed by atoms with Gasteiger partial charge in [0, 0.05) is 6.07 Å². The molecule has 6 heteroatoms. The maximum atomic E-state index is 11.9. The number of ether oxygens (including phenoxy) is 2. The Kier molecular flexibility index (Phi) is 5.57. The highest BCUT2D eigenvalue weighted by molar-refractivity contribution is 5.85. The van der Waals surface area contributed by atoms with Crippen molar-refractivity contribution >= 4 is 11.9 Å². The maximum absolute atomic E-state index is 11.9. The van der Waals surface area contributed by atoms with Gasteiger partial charge < -0.3 is 19.9 Å². The van der Waals surface area contributed by atoms with E-state index >= 15 is 0 Å². The molecular weight excluding hydrogens is 298 g/mol. The molecule has 2 aromatic carbocycles. The van der Waals surface area contributed by atoms with Crippen molar-refractivity contribution in [2.75, 3.05) is 13.7 Å². The number of carbonyl (C=O) groups is 2. The third kappa shape index (κ3) is 4.74. The van der Waals surface area contributed by atoms with Crippen molar-refractivity contribution in [1.82, 2.24) is 5.32 Å². The lowest BCUT2D eigenvalue weighted by Crippen LogP contribution is -2.36. The first-order chi connectivity index (χ1) is 11.1. The van der Waals surface area contributed by atoms with E-state index in [1.54, 1.807) is 54.6 Å². The summed E-state index contributed by atoms with van der Waals surface area (Å²) < 4.78 is 10.4. The molecule has 0 saturated heterocycles. The monoisotopic (exact) mass is 315 g/mol. The summed E-state index contributed by atoms with van der Waals surface area (Å²) in [6, 6.07) is 14.2. The van der Waals surface area contributed by atoms with Crippen LogP contribution < -0.4 is 14.8 Å². The first-order valence-corrected chi connectivity index (χ1v) is 6.94. The molecule has 2 N–H and O–H groups in total. The van der Waals surface area contributed by atoms with Crippen LogP contribution in [-0.4, -0.2) is 30.7 Å².